The molecule has 9 nitrogen and oxygen atoms in total. The number of halogens is 1. The minimum atomic E-state index is -4.26. The third-order valence-electron chi connectivity index (χ3n) is 4.53. The lowest BCUT2D eigenvalue weighted by atomic mass is 10.1. The van der Waals surface area contributed by atoms with E-state index in [0.29, 0.717) is 31.9 Å². The molecule has 1 saturated heterocycles. The normalized spacial score (nSPS) is 14.6. The molecule has 0 spiro atoms. The summed E-state index contributed by atoms with van der Waals surface area (Å²) >= 11 is 0. The summed E-state index contributed by atoms with van der Waals surface area (Å²) in [5, 5.41) is 25.8. The van der Waals surface area contributed by atoms with Gasteiger partial charge in [0.1, 0.15) is 23.1 Å². The van der Waals surface area contributed by atoms with Gasteiger partial charge in [-0.2, -0.15) is 5.26 Å². The third-order valence-corrected chi connectivity index (χ3v) is 5.47. The van der Waals surface area contributed by atoms with E-state index in [2.05, 4.69) is 0 Å². The first-order chi connectivity index (χ1) is 13.2. The lowest BCUT2D eigenvalue weighted by molar-refractivity contribution is -0.387. The Labute approximate surface area is 160 Å². The van der Waals surface area contributed by atoms with E-state index in [4.69, 9.17) is 5.14 Å². The van der Waals surface area contributed by atoms with Gasteiger partial charge in [-0.15, -0.1) is 0 Å². The molecule has 11 heteroatoms. The van der Waals surface area contributed by atoms with Crippen LogP contribution in [0.4, 0.5) is 21.5 Å². The van der Waals surface area contributed by atoms with Crippen molar-refractivity contribution in [2.24, 2.45) is 5.14 Å². The number of para-hydroxylation sites is 1. The number of nitriles is 1. The van der Waals surface area contributed by atoms with Crippen molar-refractivity contribution in [3.8, 4) is 6.07 Å². The summed E-state index contributed by atoms with van der Waals surface area (Å²) in [4.78, 5) is 13.7. The molecular weight excluding hydrogens is 389 g/mol. The van der Waals surface area contributed by atoms with E-state index >= 15 is 0 Å². The maximum atomic E-state index is 13.8. The maximum Gasteiger partial charge on any atom is 0.312 e. The highest BCUT2D eigenvalue weighted by molar-refractivity contribution is 7.89. The summed E-state index contributed by atoms with van der Waals surface area (Å²) in [5.74, 6) is -0.612. The monoisotopic (exact) mass is 405 g/mol. The van der Waals surface area contributed by atoms with Crippen LogP contribution in [0.2, 0.25) is 0 Å². The first kappa shape index (κ1) is 19.5. The lowest BCUT2D eigenvalue weighted by Gasteiger charge is -2.37. The third kappa shape index (κ3) is 3.60. The number of sulfonamides is 1. The smallest absolute Gasteiger partial charge is 0.312 e. The van der Waals surface area contributed by atoms with Gasteiger partial charge in [-0.1, -0.05) is 12.1 Å². The lowest BCUT2D eigenvalue weighted by Crippen LogP contribution is -2.47. The number of primary sulfonamides is 1. The Morgan fingerprint density at radius 3 is 2.14 bits per heavy atom. The van der Waals surface area contributed by atoms with Crippen molar-refractivity contribution in [3.05, 3.63) is 57.9 Å². The number of nitro benzene ring substituents is 1. The molecule has 0 radical (unpaired) electrons. The van der Waals surface area contributed by atoms with Crippen LogP contribution in [0.25, 0.3) is 0 Å². The second kappa shape index (κ2) is 7.41. The highest BCUT2D eigenvalue weighted by Crippen LogP contribution is 2.35. The Morgan fingerprint density at radius 1 is 1.07 bits per heavy atom. The zero-order valence-electron chi connectivity index (χ0n) is 14.6. The standard InChI is InChI=1S/C17H16FN5O4S/c18-13-3-1-4-14(12(13)11-19)21-7-9-22(10-8-21)15-5-2-6-16(28(20,26)27)17(15)23(24)25/h1-6H,7-10H2,(H2,20,26,27). The van der Waals surface area contributed by atoms with Crippen LogP contribution in [0, 0.1) is 27.3 Å². The first-order valence-electron chi connectivity index (χ1n) is 8.22. The summed E-state index contributed by atoms with van der Waals surface area (Å²) in [7, 11) is -4.26. The van der Waals surface area contributed by atoms with E-state index in [9.17, 15) is 28.2 Å². The number of hydrogen-bond donors (Lipinski definition) is 1. The maximum absolute atomic E-state index is 13.8. The fraction of sp³-hybridized carbons (Fsp3) is 0.235. The number of anilines is 2. The molecule has 146 valence electrons. The quantitative estimate of drug-likeness (QED) is 0.603. The number of piperazine rings is 1. The number of nitro groups is 1. The average Bonchev–Trinajstić information content (AvgIpc) is 2.66. The highest BCUT2D eigenvalue weighted by atomic mass is 32.2. The van der Waals surface area contributed by atoms with Crippen molar-refractivity contribution >= 4 is 27.1 Å². The van der Waals surface area contributed by atoms with E-state index < -0.39 is 31.3 Å². The molecule has 1 aliphatic heterocycles. The fourth-order valence-corrected chi connectivity index (χ4v) is 3.97. The number of rotatable bonds is 4. The SMILES string of the molecule is N#Cc1c(F)cccc1N1CCN(c2cccc(S(N)(=O)=O)c2[N+](=O)[O-])CC1. The van der Waals surface area contributed by atoms with Crippen molar-refractivity contribution in [1.29, 1.82) is 5.26 Å². The van der Waals surface area contributed by atoms with Gasteiger partial charge < -0.3 is 9.80 Å². The molecule has 0 unspecified atom stereocenters. The van der Waals surface area contributed by atoms with Crippen LogP contribution in [0.3, 0.4) is 0 Å². The van der Waals surface area contributed by atoms with Gasteiger partial charge in [-0.05, 0) is 24.3 Å². The Kier molecular flexibility index (Phi) is 5.17. The van der Waals surface area contributed by atoms with Gasteiger partial charge in [0.15, 0.2) is 4.90 Å². The fourth-order valence-electron chi connectivity index (χ4n) is 3.25. The number of nitrogens with two attached hydrogens (primary N) is 1. The minimum absolute atomic E-state index is 0.0573. The number of benzene rings is 2. The van der Waals surface area contributed by atoms with Crippen molar-refractivity contribution in [2.75, 3.05) is 36.0 Å². The van der Waals surface area contributed by atoms with Crippen molar-refractivity contribution in [2.45, 2.75) is 4.90 Å². The van der Waals surface area contributed by atoms with Crippen molar-refractivity contribution in [1.82, 2.24) is 0 Å². The largest absolute Gasteiger partial charge is 0.367 e. The Balaban J connectivity index is 1.90. The molecule has 2 N–H and O–H groups in total. The molecule has 0 atom stereocenters. The highest BCUT2D eigenvalue weighted by Gasteiger charge is 2.31. The second-order valence-corrected chi connectivity index (χ2v) is 7.68. The van der Waals surface area contributed by atoms with Crippen LogP contribution in [0.5, 0.6) is 0 Å². The van der Waals surface area contributed by atoms with Crippen LogP contribution in [-0.4, -0.2) is 39.5 Å². The first-order valence-corrected chi connectivity index (χ1v) is 9.77. The Morgan fingerprint density at radius 2 is 1.61 bits per heavy atom. The Bertz CT molecular complexity index is 1080. The average molecular weight is 405 g/mol. The summed E-state index contributed by atoms with van der Waals surface area (Å²) < 4.78 is 37.3. The number of nitrogens with zero attached hydrogens (tertiary/aromatic N) is 4. The molecule has 2 aromatic rings. The van der Waals surface area contributed by atoms with E-state index in [1.165, 1.54) is 24.3 Å². The van der Waals surface area contributed by atoms with Gasteiger partial charge in [0, 0.05) is 26.2 Å². The predicted octanol–water partition coefficient (Wildman–Crippen LogP) is 1.58. The van der Waals surface area contributed by atoms with Gasteiger partial charge >= 0.3 is 5.69 Å². The van der Waals surface area contributed by atoms with Crippen molar-refractivity contribution < 1.29 is 17.7 Å². The van der Waals surface area contributed by atoms with Gasteiger partial charge in [0.05, 0.1) is 10.6 Å². The van der Waals surface area contributed by atoms with Crippen LogP contribution >= 0.6 is 0 Å². The van der Waals surface area contributed by atoms with Crippen LogP contribution in [-0.2, 0) is 10.0 Å². The number of hydrogen-bond acceptors (Lipinski definition) is 7. The van der Waals surface area contributed by atoms with Gasteiger partial charge in [0.25, 0.3) is 0 Å². The van der Waals surface area contributed by atoms with Crippen molar-refractivity contribution in [3.63, 3.8) is 0 Å². The molecule has 0 bridgehead atoms. The second-order valence-electron chi connectivity index (χ2n) is 6.15. The molecule has 2 aromatic carbocycles. The van der Waals surface area contributed by atoms with Gasteiger partial charge in [0.2, 0.25) is 10.0 Å². The van der Waals surface area contributed by atoms with Crippen LogP contribution in [0.1, 0.15) is 5.56 Å². The predicted molar refractivity (Wildman–Crippen MR) is 100 cm³/mol. The molecule has 1 heterocycles. The Hall–Kier alpha value is -3.23. The van der Waals surface area contributed by atoms with Gasteiger partial charge in [-0.3, -0.25) is 10.1 Å². The molecule has 0 saturated carbocycles. The molecule has 28 heavy (non-hydrogen) atoms. The van der Waals surface area contributed by atoms with Crippen LogP contribution < -0.4 is 14.9 Å². The summed E-state index contributed by atoms with van der Waals surface area (Å²) in [5.41, 5.74) is -0.0223. The summed E-state index contributed by atoms with van der Waals surface area (Å²) in [6.07, 6.45) is 0. The van der Waals surface area contributed by atoms with E-state index in [-0.39, 0.29) is 11.3 Å². The molecule has 0 aliphatic carbocycles. The van der Waals surface area contributed by atoms with E-state index in [1.54, 1.807) is 11.0 Å². The van der Waals surface area contributed by atoms with Crippen LogP contribution in [0.15, 0.2) is 41.3 Å². The zero-order chi connectivity index (χ0) is 20.5. The summed E-state index contributed by atoms with van der Waals surface area (Å²) in [6.45, 7) is 1.37. The van der Waals surface area contributed by atoms with E-state index in [0.717, 1.165) is 6.07 Å². The van der Waals surface area contributed by atoms with Gasteiger partial charge in [-0.25, -0.2) is 17.9 Å². The molecule has 0 amide bonds. The molecule has 3 rings (SSSR count). The topological polar surface area (TPSA) is 134 Å². The minimum Gasteiger partial charge on any atom is -0.367 e. The summed E-state index contributed by atoms with van der Waals surface area (Å²) in [6, 6.07) is 10.2. The van der Waals surface area contributed by atoms with E-state index in [1.807, 2.05) is 11.0 Å². The molecular formula is C17H16FN5O4S. The molecule has 1 fully saturated rings. The molecule has 0 aromatic heterocycles. The molecule has 1 aliphatic rings. The zero-order valence-corrected chi connectivity index (χ0v) is 15.4.